The Morgan fingerprint density at radius 1 is 1.36 bits per heavy atom. The van der Waals surface area contributed by atoms with Crippen LogP contribution >= 0.6 is 11.8 Å². The molecular formula is C16H18F2N2OS. The second-order valence-electron chi connectivity index (χ2n) is 5.58. The van der Waals surface area contributed by atoms with Crippen LogP contribution < -0.4 is 5.32 Å². The molecule has 0 heterocycles. The van der Waals surface area contributed by atoms with Crippen molar-refractivity contribution in [3.63, 3.8) is 0 Å². The van der Waals surface area contributed by atoms with Crippen LogP contribution in [0.15, 0.2) is 23.1 Å². The zero-order valence-corrected chi connectivity index (χ0v) is 13.2. The van der Waals surface area contributed by atoms with E-state index in [1.807, 2.05) is 0 Å². The van der Waals surface area contributed by atoms with Gasteiger partial charge >= 0.3 is 0 Å². The van der Waals surface area contributed by atoms with Gasteiger partial charge in [0.05, 0.1) is 11.3 Å². The third-order valence-electron chi connectivity index (χ3n) is 3.85. The first kappa shape index (κ1) is 16.8. The summed E-state index contributed by atoms with van der Waals surface area (Å²) in [6, 6.07) is 5.37. The summed E-state index contributed by atoms with van der Waals surface area (Å²) in [6.45, 7) is 1.62. The van der Waals surface area contributed by atoms with Crippen LogP contribution in [-0.4, -0.2) is 16.7 Å². The molecule has 118 valence electrons. The fraction of sp³-hybridized carbons (Fsp3) is 0.500. The number of amides is 1. The Labute approximate surface area is 133 Å². The van der Waals surface area contributed by atoms with E-state index in [-0.39, 0.29) is 10.8 Å². The van der Waals surface area contributed by atoms with Crippen LogP contribution in [0, 0.1) is 23.0 Å². The van der Waals surface area contributed by atoms with Gasteiger partial charge < -0.3 is 5.32 Å². The molecule has 1 fully saturated rings. The maximum absolute atomic E-state index is 13.6. The van der Waals surface area contributed by atoms with Crippen LogP contribution in [0.3, 0.4) is 0 Å². The quantitative estimate of drug-likeness (QED) is 0.857. The van der Waals surface area contributed by atoms with Gasteiger partial charge in [-0.15, -0.1) is 11.8 Å². The average Bonchev–Trinajstić information content (AvgIpc) is 2.51. The van der Waals surface area contributed by atoms with Crippen LogP contribution in [0.4, 0.5) is 8.78 Å². The summed E-state index contributed by atoms with van der Waals surface area (Å²) in [4.78, 5) is 12.4. The number of nitriles is 1. The summed E-state index contributed by atoms with van der Waals surface area (Å²) in [7, 11) is 0. The maximum atomic E-state index is 13.6. The number of carbonyl (C=O) groups excluding carboxylic acids is 1. The summed E-state index contributed by atoms with van der Waals surface area (Å²) in [5.41, 5.74) is -0.815. The number of nitrogens with zero attached hydrogens (tertiary/aromatic N) is 1. The van der Waals surface area contributed by atoms with Crippen molar-refractivity contribution in [2.45, 2.75) is 54.7 Å². The summed E-state index contributed by atoms with van der Waals surface area (Å²) in [6.07, 6.45) is 4.17. The fourth-order valence-electron chi connectivity index (χ4n) is 2.57. The number of rotatable bonds is 4. The van der Waals surface area contributed by atoms with E-state index in [4.69, 9.17) is 0 Å². The third kappa shape index (κ3) is 3.98. The fourth-order valence-corrected chi connectivity index (χ4v) is 3.48. The van der Waals surface area contributed by atoms with E-state index >= 15 is 0 Å². The molecule has 0 aliphatic heterocycles. The molecule has 0 saturated heterocycles. The van der Waals surface area contributed by atoms with Crippen molar-refractivity contribution in [2.24, 2.45) is 0 Å². The molecule has 1 aliphatic carbocycles. The van der Waals surface area contributed by atoms with Gasteiger partial charge in [0.25, 0.3) is 0 Å². The SMILES string of the molecule is C[C@H](Sc1cc(F)ccc1F)C(=O)NC1(C#N)CCCCC1. The Hall–Kier alpha value is -1.61. The number of halogens is 2. The first-order chi connectivity index (χ1) is 10.5. The van der Waals surface area contributed by atoms with Crippen molar-refractivity contribution in [1.82, 2.24) is 5.32 Å². The van der Waals surface area contributed by atoms with E-state index in [0.717, 1.165) is 49.2 Å². The molecule has 1 saturated carbocycles. The highest BCUT2D eigenvalue weighted by atomic mass is 32.2. The topological polar surface area (TPSA) is 52.9 Å². The minimum absolute atomic E-state index is 0.0947. The molecule has 0 unspecified atom stereocenters. The molecule has 0 spiro atoms. The van der Waals surface area contributed by atoms with Gasteiger partial charge in [0.2, 0.25) is 5.91 Å². The van der Waals surface area contributed by atoms with Crippen molar-refractivity contribution >= 4 is 17.7 Å². The highest BCUT2D eigenvalue weighted by Gasteiger charge is 2.34. The van der Waals surface area contributed by atoms with E-state index in [1.165, 1.54) is 0 Å². The van der Waals surface area contributed by atoms with Gasteiger partial charge in [-0.1, -0.05) is 19.3 Å². The molecule has 0 bridgehead atoms. The summed E-state index contributed by atoms with van der Waals surface area (Å²) >= 11 is 0.954. The highest BCUT2D eigenvalue weighted by molar-refractivity contribution is 8.00. The maximum Gasteiger partial charge on any atom is 0.234 e. The van der Waals surface area contributed by atoms with Gasteiger partial charge in [-0.25, -0.2) is 8.78 Å². The van der Waals surface area contributed by atoms with Crippen LogP contribution in [-0.2, 0) is 4.79 Å². The van der Waals surface area contributed by atoms with Crippen LogP contribution in [0.5, 0.6) is 0 Å². The van der Waals surface area contributed by atoms with Crippen LogP contribution in [0.2, 0.25) is 0 Å². The lowest BCUT2D eigenvalue weighted by Gasteiger charge is -2.32. The molecule has 6 heteroatoms. The summed E-state index contributed by atoms with van der Waals surface area (Å²) in [5, 5.41) is 11.6. The Morgan fingerprint density at radius 3 is 2.68 bits per heavy atom. The van der Waals surface area contributed by atoms with E-state index in [0.29, 0.717) is 12.8 Å². The van der Waals surface area contributed by atoms with Gasteiger partial charge in [0.15, 0.2) is 0 Å². The van der Waals surface area contributed by atoms with Crippen molar-refractivity contribution < 1.29 is 13.6 Å². The molecular weight excluding hydrogens is 306 g/mol. The molecule has 1 amide bonds. The van der Waals surface area contributed by atoms with Gasteiger partial charge in [-0.2, -0.15) is 5.26 Å². The molecule has 2 rings (SSSR count). The molecule has 1 aromatic rings. The highest BCUT2D eigenvalue weighted by Crippen LogP contribution is 2.30. The molecule has 1 aromatic carbocycles. The molecule has 1 aliphatic rings. The molecule has 1 atom stereocenters. The zero-order chi connectivity index (χ0) is 16.2. The second-order valence-corrected chi connectivity index (χ2v) is 6.96. The van der Waals surface area contributed by atoms with E-state index in [2.05, 4.69) is 11.4 Å². The van der Waals surface area contributed by atoms with E-state index < -0.39 is 22.4 Å². The first-order valence-corrected chi connectivity index (χ1v) is 8.19. The average molecular weight is 324 g/mol. The van der Waals surface area contributed by atoms with Gasteiger partial charge in [-0.05, 0) is 38.0 Å². The van der Waals surface area contributed by atoms with Gasteiger partial charge in [0.1, 0.15) is 17.2 Å². The van der Waals surface area contributed by atoms with Crippen LogP contribution in [0.1, 0.15) is 39.0 Å². The lowest BCUT2D eigenvalue weighted by Crippen LogP contribution is -2.50. The molecule has 1 N–H and O–H groups in total. The number of hydrogen-bond acceptors (Lipinski definition) is 3. The van der Waals surface area contributed by atoms with Crippen molar-refractivity contribution in [1.29, 1.82) is 5.26 Å². The molecule has 22 heavy (non-hydrogen) atoms. The predicted molar refractivity (Wildman–Crippen MR) is 81.2 cm³/mol. The standard InChI is InChI=1S/C16H18F2N2OS/c1-11(22-14-9-12(17)5-6-13(14)18)15(21)20-16(10-19)7-3-2-4-8-16/h5-6,9,11H,2-4,7-8H2,1H3,(H,20,21)/t11-/m0/s1. The van der Waals surface area contributed by atoms with Gasteiger partial charge in [0, 0.05) is 4.90 Å². The first-order valence-electron chi connectivity index (χ1n) is 7.31. The Kier molecular flexibility index (Phi) is 5.41. The van der Waals surface area contributed by atoms with Crippen molar-refractivity contribution in [2.75, 3.05) is 0 Å². The van der Waals surface area contributed by atoms with Crippen molar-refractivity contribution in [3.8, 4) is 6.07 Å². The number of thioether (sulfide) groups is 1. The number of benzene rings is 1. The molecule has 0 aromatic heterocycles. The minimum atomic E-state index is -0.815. The molecule has 3 nitrogen and oxygen atoms in total. The van der Waals surface area contributed by atoms with E-state index in [1.54, 1.807) is 6.92 Å². The summed E-state index contributed by atoms with van der Waals surface area (Å²) in [5.74, 6) is -1.42. The third-order valence-corrected chi connectivity index (χ3v) is 4.98. The lowest BCUT2D eigenvalue weighted by molar-refractivity contribution is -0.121. The Bertz CT molecular complexity index is 594. The van der Waals surface area contributed by atoms with Crippen molar-refractivity contribution in [3.05, 3.63) is 29.8 Å². The Morgan fingerprint density at radius 2 is 2.05 bits per heavy atom. The lowest BCUT2D eigenvalue weighted by atomic mass is 9.83. The smallest absolute Gasteiger partial charge is 0.234 e. The zero-order valence-electron chi connectivity index (χ0n) is 12.4. The minimum Gasteiger partial charge on any atom is -0.337 e. The number of hydrogen-bond donors (Lipinski definition) is 1. The van der Waals surface area contributed by atoms with Crippen LogP contribution in [0.25, 0.3) is 0 Å². The van der Waals surface area contributed by atoms with Gasteiger partial charge in [-0.3, -0.25) is 4.79 Å². The number of nitrogens with one attached hydrogen (secondary N) is 1. The number of carbonyl (C=O) groups is 1. The summed E-state index contributed by atoms with van der Waals surface area (Å²) < 4.78 is 26.8. The predicted octanol–water partition coefficient (Wildman–Crippen LogP) is 3.79. The van der Waals surface area contributed by atoms with E-state index in [9.17, 15) is 18.8 Å². The second kappa shape index (κ2) is 7.10. The largest absolute Gasteiger partial charge is 0.337 e. The Balaban J connectivity index is 2.03. The monoisotopic (exact) mass is 324 g/mol. The normalized spacial score (nSPS) is 18.3. The molecule has 0 radical (unpaired) electrons.